The maximum Gasteiger partial charge on any atom is 0.319 e. The molecule has 82 valence electrons. The lowest BCUT2D eigenvalue weighted by Crippen LogP contribution is -2.04. The molecule has 7 heteroatoms. The Balaban J connectivity index is 2.77. The summed E-state index contributed by atoms with van der Waals surface area (Å²) in [5, 5.41) is 8.49. The maximum atomic E-state index is 10.6. The highest BCUT2D eigenvalue weighted by Gasteiger charge is 2.05. The van der Waals surface area contributed by atoms with Crippen LogP contribution in [0.2, 0.25) is 0 Å². The van der Waals surface area contributed by atoms with Gasteiger partial charge in [-0.1, -0.05) is 12.1 Å². The Bertz CT molecular complexity index is 454. The van der Waals surface area contributed by atoms with Crippen molar-refractivity contribution in [2.45, 2.75) is 6.42 Å². The van der Waals surface area contributed by atoms with E-state index in [0.717, 1.165) is 0 Å². The molecular formula is C8H8ClNO4S. The normalized spacial score (nSPS) is 11.0. The lowest BCUT2D eigenvalue weighted by Gasteiger charge is -2.02. The zero-order valence-corrected chi connectivity index (χ0v) is 9.05. The predicted octanol–water partition coefficient (Wildman–Crippen LogP) is 1.21. The molecule has 0 aromatic heterocycles. The number of nitrogens with one attached hydrogen (secondary N) is 1. The van der Waals surface area contributed by atoms with Crippen LogP contribution in [0, 0.1) is 0 Å². The van der Waals surface area contributed by atoms with Gasteiger partial charge in [0.25, 0.3) is 0 Å². The van der Waals surface area contributed by atoms with Gasteiger partial charge in [-0.3, -0.25) is 9.52 Å². The van der Waals surface area contributed by atoms with Gasteiger partial charge in [-0.05, 0) is 17.7 Å². The van der Waals surface area contributed by atoms with Crippen LogP contribution in [-0.4, -0.2) is 19.5 Å². The molecule has 1 aromatic carbocycles. The number of aliphatic carboxylic acids is 1. The second-order valence-electron chi connectivity index (χ2n) is 2.81. The van der Waals surface area contributed by atoms with Crippen molar-refractivity contribution >= 4 is 31.6 Å². The second-order valence-corrected chi connectivity index (χ2v) is 5.11. The molecule has 1 rings (SSSR count). The van der Waals surface area contributed by atoms with E-state index in [1.54, 1.807) is 0 Å². The van der Waals surface area contributed by atoms with Crippen molar-refractivity contribution < 1.29 is 18.3 Å². The van der Waals surface area contributed by atoms with Crippen molar-refractivity contribution in [2.75, 3.05) is 4.72 Å². The van der Waals surface area contributed by atoms with E-state index in [9.17, 15) is 13.2 Å². The van der Waals surface area contributed by atoms with Gasteiger partial charge in [0.15, 0.2) is 0 Å². The van der Waals surface area contributed by atoms with Crippen LogP contribution in [0.25, 0.3) is 0 Å². The van der Waals surface area contributed by atoms with Crippen LogP contribution in [0.5, 0.6) is 0 Å². The molecule has 0 saturated carbocycles. The van der Waals surface area contributed by atoms with E-state index in [4.69, 9.17) is 15.8 Å². The van der Waals surface area contributed by atoms with E-state index in [2.05, 4.69) is 4.72 Å². The quantitative estimate of drug-likeness (QED) is 0.786. The lowest BCUT2D eigenvalue weighted by molar-refractivity contribution is -0.136. The molecule has 1 aromatic rings. The van der Waals surface area contributed by atoms with Crippen LogP contribution in [0.1, 0.15) is 5.56 Å². The van der Waals surface area contributed by atoms with Gasteiger partial charge in [0.1, 0.15) is 0 Å². The summed E-state index contributed by atoms with van der Waals surface area (Å²) in [6, 6.07) is 5.91. The van der Waals surface area contributed by atoms with Crippen molar-refractivity contribution in [1.29, 1.82) is 0 Å². The number of halogens is 1. The van der Waals surface area contributed by atoms with Crippen molar-refractivity contribution in [2.24, 2.45) is 0 Å². The molecule has 2 N–H and O–H groups in total. The van der Waals surface area contributed by atoms with Gasteiger partial charge in [0.2, 0.25) is 0 Å². The zero-order valence-electron chi connectivity index (χ0n) is 7.47. The number of hydrogen-bond acceptors (Lipinski definition) is 3. The first kappa shape index (κ1) is 11.8. The third kappa shape index (κ3) is 4.66. The summed E-state index contributed by atoms with van der Waals surface area (Å²) in [5.41, 5.74) is 0.874. The molecule has 0 aliphatic heterocycles. The second kappa shape index (κ2) is 4.50. The minimum absolute atomic E-state index is 0.103. The molecule has 0 heterocycles. The first-order valence-corrected chi connectivity index (χ1v) is 6.21. The number of benzene rings is 1. The Morgan fingerprint density at radius 2 is 1.87 bits per heavy atom. The zero-order chi connectivity index (χ0) is 11.5. The number of rotatable bonds is 4. The van der Waals surface area contributed by atoms with Gasteiger partial charge < -0.3 is 5.11 Å². The fourth-order valence-electron chi connectivity index (χ4n) is 1.01. The number of anilines is 1. The molecule has 15 heavy (non-hydrogen) atoms. The lowest BCUT2D eigenvalue weighted by atomic mass is 10.1. The molecule has 0 spiro atoms. The minimum Gasteiger partial charge on any atom is -0.481 e. The monoisotopic (exact) mass is 249 g/mol. The summed E-state index contributed by atoms with van der Waals surface area (Å²) in [6.45, 7) is 0. The van der Waals surface area contributed by atoms with E-state index in [1.807, 2.05) is 0 Å². The summed E-state index contributed by atoms with van der Waals surface area (Å²) in [6.07, 6.45) is -0.103. The van der Waals surface area contributed by atoms with Gasteiger partial charge in [0, 0.05) is 16.4 Å². The molecular weight excluding hydrogens is 242 g/mol. The average Bonchev–Trinajstić information content (AvgIpc) is 2.05. The number of hydrogen-bond donors (Lipinski definition) is 2. The van der Waals surface area contributed by atoms with E-state index < -0.39 is 15.2 Å². The molecule has 0 atom stereocenters. The van der Waals surface area contributed by atoms with E-state index in [1.165, 1.54) is 24.3 Å². The summed E-state index contributed by atoms with van der Waals surface area (Å²) in [5.74, 6) is -0.944. The highest BCUT2D eigenvalue weighted by atomic mass is 35.7. The third-order valence-corrected chi connectivity index (χ3v) is 2.26. The van der Waals surface area contributed by atoms with Crippen molar-refractivity contribution in [3.8, 4) is 0 Å². The molecule has 0 amide bonds. The molecule has 5 nitrogen and oxygen atoms in total. The Hall–Kier alpha value is -1.27. The molecule has 0 bridgehead atoms. The van der Waals surface area contributed by atoms with E-state index in [0.29, 0.717) is 11.3 Å². The molecule has 0 unspecified atom stereocenters. The Kier molecular flexibility index (Phi) is 3.54. The number of carboxylic acid groups (broad SMARTS) is 1. The van der Waals surface area contributed by atoms with Crippen LogP contribution in [0.3, 0.4) is 0 Å². The fraction of sp³-hybridized carbons (Fsp3) is 0.125. The molecule has 0 aliphatic carbocycles. The number of carboxylic acids is 1. The van der Waals surface area contributed by atoms with Crippen molar-refractivity contribution in [3.05, 3.63) is 29.8 Å². The summed E-state index contributed by atoms with van der Waals surface area (Å²) < 4.78 is 23.3. The SMILES string of the molecule is O=C(O)Cc1ccc(NS(=O)(=O)Cl)cc1. The number of carbonyl (C=O) groups is 1. The van der Waals surface area contributed by atoms with Crippen LogP contribution in [-0.2, 0) is 20.5 Å². The summed E-state index contributed by atoms with van der Waals surface area (Å²) in [4.78, 5) is 10.3. The Labute approximate surface area is 91.2 Å². The first-order chi connectivity index (χ1) is 6.87. The average molecular weight is 250 g/mol. The fourth-order valence-corrected chi connectivity index (χ4v) is 1.69. The van der Waals surface area contributed by atoms with Gasteiger partial charge in [-0.15, -0.1) is 0 Å². The first-order valence-electron chi connectivity index (χ1n) is 3.90. The highest BCUT2D eigenvalue weighted by Crippen LogP contribution is 2.12. The maximum absolute atomic E-state index is 10.6. The van der Waals surface area contributed by atoms with Crippen LogP contribution >= 0.6 is 10.7 Å². The standard InChI is InChI=1S/C8H8ClNO4S/c9-15(13,14)10-7-3-1-6(2-4-7)5-8(11)12/h1-4,10H,5H2,(H,11,12). The smallest absolute Gasteiger partial charge is 0.319 e. The minimum atomic E-state index is -3.81. The van der Waals surface area contributed by atoms with Crippen molar-refractivity contribution in [3.63, 3.8) is 0 Å². The Morgan fingerprint density at radius 3 is 2.27 bits per heavy atom. The molecule has 0 saturated heterocycles. The largest absolute Gasteiger partial charge is 0.481 e. The highest BCUT2D eigenvalue weighted by molar-refractivity contribution is 8.14. The molecule has 0 aliphatic rings. The van der Waals surface area contributed by atoms with Crippen LogP contribution in [0.15, 0.2) is 24.3 Å². The van der Waals surface area contributed by atoms with Crippen LogP contribution in [0.4, 0.5) is 5.69 Å². The van der Waals surface area contributed by atoms with Gasteiger partial charge >= 0.3 is 15.2 Å². The summed E-state index contributed by atoms with van der Waals surface area (Å²) >= 11 is 0. The van der Waals surface area contributed by atoms with Gasteiger partial charge in [-0.25, -0.2) is 0 Å². The van der Waals surface area contributed by atoms with Gasteiger partial charge in [-0.2, -0.15) is 8.42 Å². The third-order valence-electron chi connectivity index (χ3n) is 1.55. The van der Waals surface area contributed by atoms with E-state index in [-0.39, 0.29) is 6.42 Å². The molecule has 0 fully saturated rings. The molecule has 0 radical (unpaired) electrons. The Morgan fingerprint density at radius 1 is 1.33 bits per heavy atom. The van der Waals surface area contributed by atoms with E-state index >= 15 is 0 Å². The predicted molar refractivity (Wildman–Crippen MR) is 56.2 cm³/mol. The van der Waals surface area contributed by atoms with Crippen molar-refractivity contribution in [1.82, 2.24) is 0 Å². The van der Waals surface area contributed by atoms with Gasteiger partial charge in [0.05, 0.1) is 6.42 Å². The topological polar surface area (TPSA) is 83.5 Å². The summed E-state index contributed by atoms with van der Waals surface area (Å²) in [7, 11) is 1.15. The van der Waals surface area contributed by atoms with Crippen LogP contribution < -0.4 is 4.72 Å².